The number of rotatable bonds is 6. The first-order valence-corrected chi connectivity index (χ1v) is 9.91. The highest BCUT2D eigenvalue weighted by Crippen LogP contribution is 2.36. The smallest absolute Gasteiger partial charge is 0.305 e. The van der Waals surface area contributed by atoms with Gasteiger partial charge in [-0.15, -0.1) is 0 Å². The van der Waals surface area contributed by atoms with Gasteiger partial charge in [-0.2, -0.15) is 4.31 Å². The second-order valence-corrected chi connectivity index (χ2v) is 7.97. The predicted octanol–water partition coefficient (Wildman–Crippen LogP) is 2.85. The average Bonchev–Trinajstić information content (AvgIpc) is 2.62. The van der Waals surface area contributed by atoms with Crippen molar-refractivity contribution in [3.05, 3.63) is 59.7 Å². The number of carboxylic acids is 1. The maximum absolute atomic E-state index is 13.2. The van der Waals surface area contributed by atoms with Gasteiger partial charge in [-0.25, -0.2) is 8.42 Å². The molecule has 1 atom stereocenters. The lowest BCUT2D eigenvalue weighted by Crippen LogP contribution is -2.40. The fraction of sp³-hybridized carbons (Fsp3) is 0.316. The first-order valence-electron chi connectivity index (χ1n) is 8.47. The first-order chi connectivity index (χ1) is 12.4. The molecule has 26 heavy (non-hydrogen) atoms. The second-order valence-electron chi connectivity index (χ2n) is 6.08. The quantitative estimate of drug-likeness (QED) is 0.839. The summed E-state index contributed by atoms with van der Waals surface area (Å²) in [5.41, 5.74) is 1.76. The molecule has 0 fully saturated rings. The van der Waals surface area contributed by atoms with E-state index in [9.17, 15) is 18.3 Å². The molecule has 0 spiro atoms. The summed E-state index contributed by atoms with van der Waals surface area (Å²) in [6.45, 7) is 2.60. The molecule has 2 aromatic carbocycles. The maximum Gasteiger partial charge on any atom is 0.305 e. The van der Waals surface area contributed by atoms with Crippen LogP contribution < -0.4 is 4.74 Å². The number of nitrogens with zero attached hydrogens (tertiary/aromatic N) is 1. The van der Waals surface area contributed by atoms with Crippen molar-refractivity contribution < 1.29 is 23.1 Å². The predicted molar refractivity (Wildman–Crippen MR) is 96.6 cm³/mol. The Kier molecular flexibility index (Phi) is 5.29. The maximum atomic E-state index is 13.2. The van der Waals surface area contributed by atoms with E-state index < -0.39 is 22.0 Å². The number of sulfonamides is 1. The Hall–Kier alpha value is -2.38. The van der Waals surface area contributed by atoms with E-state index in [1.807, 2.05) is 25.1 Å². The largest absolute Gasteiger partial charge is 0.494 e. The Morgan fingerprint density at radius 3 is 2.54 bits per heavy atom. The van der Waals surface area contributed by atoms with Gasteiger partial charge >= 0.3 is 5.97 Å². The van der Waals surface area contributed by atoms with Crippen LogP contribution in [0.3, 0.4) is 0 Å². The van der Waals surface area contributed by atoms with E-state index in [1.54, 1.807) is 18.2 Å². The SMILES string of the molecule is CCOc1ccc(S(=O)(=O)N2CCc3ccccc3C2CC(=O)O)cc1. The molecule has 1 unspecified atom stereocenters. The molecule has 3 rings (SSSR count). The number of benzene rings is 2. The number of carboxylic acid groups (broad SMARTS) is 1. The van der Waals surface area contributed by atoms with E-state index in [4.69, 9.17) is 4.74 Å². The van der Waals surface area contributed by atoms with Crippen LogP contribution in [0.4, 0.5) is 0 Å². The normalized spacial score (nSPS) is 17.5. The fourth-order valence-electron chi connectivity index (χ4n) is 3.30. The third-order valence-electron chi connectivity index (χ3n) is 4.47. The zero-order chi connectivity index (χ0) is 18.7. The van der Waals surface area contributed by atoms with Gasteiger partial charge in [0, 0.05) is 6.54 Å². The molecule has 1 aliphatic rings. The van der Waals surface area contributed by atoms with Gasteiger partial charge in [-0.05, 0) is 48.7 Å². The minimum absolute atomic E-state index is 0.135. The van der Waals surface area contributed by atoms with E-state index in [0.717, 1.165) is 11.1 Å². The molecule has 0 saturated heterocycles. The zero-order valence-corrected chi connectivity index (χ0v) is 15.3. The average molecular weight is 375 g/mol. The summed E-state index contributed by atoms with van der Waals surface area (Å²) in [6, 6.07) is 12.9. The molecule has 0 aliphatic carbocycles. The molecule has 0 saturated carbocycles. The van der Waals surface area contributed by atoms with E-state index >= 15 is 0 Å². The number of ether oxygens (including phenoxy) is 1. The second kappa shape index (κ2) is 7.47. The summed E-state index contributed by atoms with van der Waals surface area (Å²) in [5.74, 6) is -0.434. The highest BCUT2D eigenvalue weighted by atomic mass is 32.2. The monoisotopic (exact) mass is 375 g/mol. The van der Waals surface area contributed by atoms with Gasteiger partial charge in [0.1, 0.15) is 5.75 Å². The third kappa shape index (κ3) is 3.59. The van der Waals surface area contributed by atoms with Crippen LogP contribution in [-0.4, -0.2) is 37.0 Å². The van der Waals surface area contributed by atoms with E-state index in [-0.39, 0.29) is 17.9 Å². The van der Waals surface area contributed by atoms with Crippen LogP contribution in [-0.2, 0) is 21.2 Å². The molecule has 0 bridgehead atoms. The van der Waals surface area contributed by atoms with Crippen LogP contribution in [0.5, 0.6) is 5.75 Å². The van der Waals surface area contributed by atoms with Crippen molar-refractivity contribution in [2.75, 3.05) is 13.2 Å². The molecule has 2 aromatic rings. The Balaban J connectivity index is 1.98. The minimum atomic E-state index is -3.82. The lowest BCUT2D eigenvalue weighted by molar-refractivity contribution is -0.138. The van der Waals surface area contributed by atoms with Crippen LogP contribution in [0.2, 0.25) is 0 Å². The summed E-state index contributed by atoms with van der Waals surface area (Å²) >= 11 is 0. The molecule has 0 amide bonds. The van der Waals surface area contributed by atoms with Crippen LogP contribution in [0.1, 0.15) is 30.5 Å². The van der Waals surface area contributed by atoms with Crippen molar-refractivity contribution in [2.24, 2.45) is 0 Å². The van der Waals surface area contributed by atoms with Crippen LogP contribution >= 0.6 is 0 Å². The highest BCUT2D eigenvalue weighted by Gasteiger charge is 2.37. The molecule has 138 valence electrons. The molecular formula is C19H21NO5S. The van der Waals surface area contributed by atoms with Crippen LogP contribution in [0.25, 0.3) is 0 Å². The van der Waals surface area contributed by atoms with Crippen molar-refractivity contribution in [3.8, 4) is 5.75 Å². The first kappa shape index (κ1) is 18.4. The van der Waals surface area contributed by atoms with Crippen molar-refractivity contribution in [3.63, 3.8) is 0 Å². The lowest BCUT2D eigenvalue weighted by Gasteiger charge is -2.35. The molecule has 6 nitrogen and oxygen atoms in total. The van der Waals surface area contributed by atoms with Gasteiger partial charge < -0.3 is 9.84 Å². The molecular weight excluding hydrogens is 354 g/mol. The van der Waals surface area contributed by atoms with E-state index in [1.165, 1.54) is 16.4 Å². The minimum Gasteiger partial charge on any atom is -0.494 e. The van der Waals surface area contributed by atoms with Gasteiger partial charge in [0.2, 0.25) is 10.0 Å². The van der Waals surface area contributed by atoms with Crippen LogP contribution in [0.15, 0.2) is 53.4 Å². The number of carbonyl (C=O) groups is 1. The number of hydrogen-bond donors (Lipinski definition) is 1. The molecule has 0 aromatic heterocycles. The van der Waals surface area contributed by atoms with Gasteiger partial charge in [-0.3, -0.25) is 4.79 Å². The molecule has 0 radical (unpaired) electrons. The van der Waals surface area contributed by atoms with Gasteiger partial charge in [0.05, 0.1) is 24.0 Å². The standard InChI is InChI=1S/C19H21NO5S/c1-2-25-15-7-9-16(10-8-15)26(23,24)20-12-11-14-5-3-4-6-17(14)18(20)13-19(21)22/h3-10,18H,2,11-13H2,1H3,(H,21,22). The number of aliphatic carboxylic acids is 1. The highest BCUT2D eigenvalue weighted by molar-refractivity contribution is 7.89. The molecule has 1 N–H and O–H groups in total. The van der Waals surface area contributed by atoms with Crippen molar-refractivity contribution >= 4 is 16.0 Å². The summed E-state index contributed by atoms with van der Waals surface area (Å²) in [6.07, 6.45) is 0.288. The Morgan fingerprint density at radius 2 is 1.88 bits per heavy atom. The van der Waals surface area contributed by atoms with Crippen molar-refractivity contribution in [2.45, 2.75) is 30.7 Å². The zero-order valence-electron chi connectivity index (χ0n) is 14.5. The van der Waals surface area contributed by atoms with Gasteiger partial charge in [0.15, 0.2) is 0 Å². The number of fused-ring (bicyclic) bond motifs is 1. The van der Waals surface area contributed by atoms with Crippen LogP contribution in [0, 0.1) is 0 Å². The molecule has 1 heterocycles. The van der Waals surface area contributed by atoms with Gasteiger partial charge in [-0.1, -0.05) is 24.3 Å². The van der Waals surface area contributed by atoms with E-state index in [0.29, 0.717) is 18.8 Å². The van der Waals surface area contributed by atoms with Gasteiger partial charge in [0.25, 0.3) is 0 Å². The Morgan fingerprint density at radius 1 is 1.19 bits per heavy atom. The summed E-state index contributed by atoms with van der Waals surface area (Å²) in [5, 5.41) is 9.30. The topological polar surface area (TPSA) is 83.9 Å². The lowest BCUT2D eigenvalue weighted by atomic mass is 9.92. The Labute approximate surface area is 153 Å². The van der Waals surface area contributed by atoms with Crippen molar-refractivity contribution in [1.82, 2.24) is 4.31 Å². The summed E-state index contributed by atoms with van der Waals surface area (Å²) < 4.78 is 33.0. The van der Waals surface area contributed by atoms with E-state index in [2.05, 4.69) is 0 Å². The summed E-state index contributed by atoms with van der Waals surface area (Å²) in [7, 11) is -3.82. The summed E-state index contributed by atoms with van der Waals surface area (Å²) in [4.78, 5) is 11.5. The third-order valence-corrected chi connectivity index (χ3v) is 6.39. The Bertz CT molecular complexity index is 892. The fourth-order valence-corrected chi connectivity index (χ4v) is 4.91. The molecule has 7 heteroatoms. The van der Waals surface area contributed by atoms with Crippen molar-refractivity contribution in [1.29, 1.82) is 0 Å². The number of hydrogen-bond acceptors (Lipinski definition) is 4. The molecule has 1 aliphatic heterocycles.